The molecule has 3 aromatic rings. The first-order valence-electron chi connectivity index (χ1n) is 8.75. The molecule has 0 spiro atoms. The number of aliphatic hydroxyl groups excluding tert-OH is 2. The highest BCUT2D eigenvalue weighted by Crippen LogP contribution is 2.32. The van der Waals surface area contributed by atoms with Gasteiger partial charge >= 0.3 is 5.69 Å². The molecule has 5 N–H and O–H groups in total. The molecule has 0 saturated carbocycles. The molecule has 1 saturated heterocycles. The summed E-state index contributed by atoms with van der Waals surface area (Å²) >= 11 is 11.9. The van der Waals surface area contributed by atoms with E-state index in [1.807, 2.05) is 0 Å². The molecule has 2 aromatic heterocycles. The van der Waals surface area contributed by atoms with Crippen LogP contribution in [0.3, 0.4) is 0 Å². The lowest BCUT2D eigenvalue weighted by atomic mass is 10.1. The number of nitrogens with one attached hydrogen (secondary N) is 1. The van der Waals surface area contributed by atoms with Gasteiger partial charge in [-0.05, 0) is 17.7 Å². The first-order valence-corrected chi connectivity index (χ1v) is 9.51. The Bertz CT molecular complexity index is 1240. The van der Waals surface area contributed by atoms with Crippen LogP contribution in [-0.4, -0.2) is 54.3 Å². The average Bonchev–Trinajstić information content (AvgIpc) is 3.12. The van der Waals surface area contributed by atoms with Crippen molar-refractivity contribution in [2.75, 3.05) is 12.3 Å². The molecule has 1 aliphatic rings. The van der Waals surface area contributed by atoms with Gasteiger partial charge in [0.1, 0.15) is 12.2 Å². The van der Waals surface area contributed by atoms with E-state index in [1.165, 1.54) is 12.1 Å². The van der Waals surface area contributed by atoms with Crippen molar-refractivity contribution < 1.29 is 19.3 Å². The number of anilines is 1. The van der Waals surface area contributed by atoms with E-state index >= 15 is 0 Å². The Morgan fingerprint density at radius 3 is 2.67 bits per heavy atom. The number of imidazole rings is 1. The Balaban J connectivity index is 1.92. The third-order valence-electron chi connectivity index (χ3n) is 4.88. The molecule has 0 bridgehead atoms. The monoisotopic (exact) mass is 459 g/mol. The van der Waals surface area contributed by atoms with Gasteiger partial charge in [-0.2, -0.15) is 4.98 Å². The zero-order valence-electron chi connectivity index (χ0n) is 15.1. The number of halogens is 3. The van der Waals surface area contributed by atoms with Crippen LogP contribution in [0.2, 0.25) is 10.0 Å². The third kappa shape index (κ3) is 3.28. The van der Waals surface area contributed by atoms with Gasteiger partial charge in [-0.25, -0.2) is 13.8 Å². The van der Waals surface area contributed by atoms with E-state index in [2.05, 4.69) is 9.97 Å². The summed E-state index contributed by atoms with van der Waals surface area (Å²) in [4.78, 5) is 32.1. The number of aromatic nitrogens is 4. The zero-order valence-corrected chi connectivity index (χ0v) is 16.6. The number of hydrogen-bond donors (Lipinski definition) is 4. The van der Waals surface area contributed by atoms with E-state index in [4.69, 9.17) is 33.7 Å². The van der Waals surface area contributed by atoms with Crippen LogP contribution in [0.4, 0.5) is 10.3 Å². The number of benzene rings is 1. The van der Waals surface area contributed by atoms with E-state index in [1.54, 1.807) is 6.07 Å². The number of nitrogens with zero attached hydrogens (tertiary/aromatic N) is 3. The summed E-state index contributed by atoms with van der Waals surface area (Å²) in [6.07, 6.45) is -6.58. The predicted octanol–water partition coefficient (Wildman–Crippen LogP) is 0.412. The largest absolute Gasteiger partial charge is 0.394 e. The van der Waals surface area contributed by atoms with Crippen molar-refractivity contribution in [3.05, 3.63) is 54.6 Å². The highest BCUT2D eigenvalue weighted by molar-refractivity contribution is 6.42. The van der Waals surface area contributed by atoms with Gasteiger partial charge in [-0.1, -0.05) is 29.3 Å². The maximum Gasteiger partial charge on any atom is 0.333 e. The topological polar surface area (TPSA) is 148 Å². The van der Waals surface area contributed by atoms with Crippen LogP contribution in [-0.2, 0) is 11.3 Å². The molecule has 30 heavy (non-hydrogen) atoms. The number of nitrogen functional groups attached to an aromatic ring is 1. The number of hydrogen-bond acceptors (Lipinski definition) is 7. The highest BCUT2D eigenvalue weighted by atomic mass is 35.5. The highest BCUT2D eigenvalue weighted by Gasteiger charge is 2.46. The smallest absolute Gasteiger partial charge is 0.333 e. The van der Waals surface area contributed by atoms with Gasteiger partial charge in [-0.15, -0.1) is 0 Å². The molecule has 0 amide bonds. The van der Waals surface area contributed by atoms with Crippen LogP contribution >= 0.6 is 23.2 Å². The number of nitrogens with two attached hydrogens (primary N) is 1. The number of ether oxygens (including phenoxy) is 1. The minimum absolute atomic E-state index is 0.0980. The van der Waals surface area contributed by atoms with Crippen LogP contribution in [0.5, 0.6) is 0 Å². The Kier molecular flexibility index (Phi) is 5.32. The molecule has 10 nitrogen and oxygen atoms in total. The maximum absolute atomic E-state index is 14.2. The fraction of sp³-hybridized carbons (Fsp3) is 0.353. The summed E-state index contributed by atoms with van der Waals surface area (Å²) in [6, 6.07) is 4.68. The number of H-pyrrole nitrogens is 1. The molecular formula is C17H16Cl2FN5O5. The quantitative estimate of drug-likeness (QED) is 0.441. The van der Waals surface area contributed by atoms with Crippen LogP contribution in [0.15, 0.2) is 27.8 Å². The number of rotatable bonds is 4. The summed E-state index contributed by atoms with van der Waals surface area (Å²) in [6.45, 7) is -0.805. The fourth-order valence-electron chi connectivity index (χ4n) is 3.47. The Hall–Kier alpha value is -2.44. The van der Waals surface area contributed by atoms with Crippen molar-refractivity contribution >= 4 is 40.3 Å². The summed E-state index contributed by atoms with van der Waals surface area (Å²) in [5.41, 5.74) is 4.30. The molecule has 0 radical (unpaired) electrons. The minimum atomic E-state index is -1.94. The second kappa shape index (κ2) is 7.67. The molecular weight excluding hydrogens is 444 g/mol. The molecule has 13 heteroatoms. The normalized spacial score (nSPS) is 24.0. The number of alkyl halides is 1. The van der Waals surface area contributed by atoms with Crippen LogP contribution in [0, 0.1) is 0 Å². The van der Waals surface area contributed by atoms with E-state index in [0.29, 0.717) is 10.6 Å². The van der Waals surface area contributed by atoms with Gasteiger partial charge in [0.2, 0.25) is 5.95 Å². The van der Waals surface area contributed by atoms with E-state index in [0.717, 1.165) is 9.13 Å². The van der Waals surface area contributed by atoms with Gasteiger partial charge in [0.25, 0.3) is 5.56 Å². The summed E-state index contributed by atoms with van der Waals surface area (Å²) < 4.78 is 21.5. The summed E-state index contributed by atoms with van der Waals surface area (Å²) in [7, 11) is 0. The van der Waals surface area contributed by atoms with Crippen molar-refractivity contribution in [2.45, 2.75) is 31.2 Å². The number of aliphatic hydroxyl groups is 2. The lowest BCUT2D eigenvalue weighted by molar-refractivity contribution is -0.0513. The summed E-state index contributed by atoms with van der Waals surface area (Å²) in [5, 5.41) is 20.1. The van der Waals surface area contributed by atoms with Crippen molar-refractivity contribution in [3.63, 3.8) is 0 Å². The van der Waals surface area contributed by atoms with Crippen molar-refractivity contribution in [1.29, 1.82) is 0 Å². The first-order chi connectivity index (χ1) is 14.2. The third-order valence-corrected chi connectivity index (χ3v) is 5.62. The van der Waals surface area contributed by atoms with Crippen LogP contribution in [0.1, 0.15) is 11.8 Å². The second-order valence-electron chi connectivity index (χ2n) is 6.79. The first kappa shape index (κ1) is 20.8. The van der Waals surface area contributed by atoms with Crippen molar-refractivity contribution in [2.24, 2.45) is 0 Å². The molecule has 1 aromatic carbocycles. The average molecular weight is 460 g/mol. The van der Waals surface area contributed by atoms with Crippen molar-refractivity contribution in [1.82, 2.24) is 19.1 Å². The molecule has 4 atom stereocenters. The molecule has 160 valence electrons. The Morgan fingerprint density at radius 1 is 1.30 bits per heavy atom. The fourth-order valence-corrected chi connectivity index (χ4v) is 3.79. The summed E-state index contributed by atoms with van der Waals surface area (Å²) in [5.74, 6) is -0.282. The van der Waals surface area contributed by atoms with E-state index < -0.39 is 42.5 Å². The maximum atomic E-state index is 14.2. The van der Waals surface area contributed by atoms with E-state index in [9.17, 15) is 24.2 Å². The minimum Gasteiger partial charge on any atom is -0.394 e. The Morgan fingerprint density at radius 2 is 2.03 bits per heavy atom. The van der Waals surface area contributed by atoms with E-state index in [-0.39, 0.29) is 28.7 Å². The zero-order chi connectivity index (χ0) is 21.7. The SMILES string of the molecule is Nc1nc2c(c(=O)[nH]1)n(Cc1ccc(Cl)c(Cl)c1)c(=O)n2[C@@H]1O[C@H](CO)[C@@H](F)[C@H]1O. The molecule has 3 heterocycles. The number of fused-ring (bicyclic) bond motifs is 1. The molecule has 1 aliphatic heterocycles. The lowest BCUT2D eigenvalue weighted by Crippen LogP contribution is -2.34. The predicted molar refractivity (Wildman–Crippen MR) is 106 cm³/mol. The second-order valence-corrected chi connectivity index (χ2v) is 7.61. The standard InChI is InChI=1S/C17H16Cl2FN5O5/c18-7-2-1-6(3-8(7)19)4-24-11-13(22-16(21)23-14(11)28)25(17(24)29)15-12(27)10(20)9(5-26)30-15/h1-3,9-10,12,15,26-27H,4-5H2,(H3,21,22,23,28)/t9-,10-,12-,15-/m1/s1. The molecule has 0 aliphatic carbocycles. The molecule has 0 unspecified atom stereocenters. The Labute approximate surface area is 177 Å². The van der Waals surface area contributed by atoms with Gasteiger partial charge < -0.3 is 20.7 Å². The van der Waals surface area contributed by atoms with Gasteiger partial charge in [0.15, 0.2) is 23.6 Å². The van der Waals surface area contributed by atoms with Crippen molar-refractivity contribution in [3.8, 4) is 0 Å². The van der Waals surface area contributed by atoms with Crippen LogP contribution < -0.4 is 17.0 Å². The lowest BCUT2D eigenvalue weighted by Gasteiger charge is -2.15. The molecule has 1 fully saturated rings. The van der Waals surface area contributed by atoms with Gasteiger partial charge in [-0.3, -0.25) is 14.3 Å². The van der Waals surface area contributed by atoms with Gasteiger partial charge in [0.05, 0.1) is 23.2 Å². The number of aromatic amines is 1. The molecule has 4 rings (SSSR count). The van der Waals surface area contributed by atoms with Gasteiger partial charge in [0, 0.05) is 0 Å². The van der Waals surface area contributed by atoms with Crippen LogP contribution in [0.25, 0.3) is 11.2 Å².